The molecule has 202 valence electrons. The van der Waals surface area contributed by atoms with Gasteiger partial charge in [0.05, 0.1) is 17.7 Å². The first-order chi connectivity index (χ1) is 18.5. The topological polar surface area (TPSA) is 52.6 Å². The number of benzene rings is 3. The molecule has 1 unspecified atom stereocenters. The molecular weight excluding hydrogens is 472 g/mol. The monoisotopic (exact) mass is 514 g/mol. The van der Waals surface area contributed by atoms with E-state index in [2.05, 4.69) is 38.1 Å². The Morgan fingerprint density at radius 2 is 1.18 bits per heavy atom. The number of carbonyl (C=O) groups is 2. The van der Waals surface area contributed by atoms with Crippen molar-refractivity contribution in [3.63, 3.8) is 0 Å². The largest absolute Gasteiger partial charge is 0.462 e. The summed E-state index contributed by atoms with van der Waals surface area (Å²) in [5, 5.41) is 0. The van der Waals surface area contributed by atoms with E-state index in [9.17, 15) is 9.59 Å². The second-order valence-corrected chi connectivity index (χ2v) is 10.2. The van der Waals surface area contributed by atoms with Gasteiger partial charge < -0.3 is 9.47 Å². The van der Waals surface area contributed by atoms with Crippen molar-refractivity contribution in [3.05, 3.63) is 89.5 Å². The van der Waals surface area contributed by atoms with Crippen molar-refractivity contribution in [2.24, 2.45) is 5.92 Å². The van der Waals surface area contributed by atoms with Crippen molar-refractivity contribution in [2.75, 3.05) is 6.61 Å². The Morgan fingerprint density at radius 1 is 0.658 bits per heavy atom. The van der Waals surface area contributed by atoms with Gasteiger partial charge in [0.15, 0.2) is 0 Å². The summed E-state index contributed by atoms with van der Waals surface area (Å²) in [5.74, 6) is -0.1000. The maximum Gasteiger partial charge on any atom is 0.343 e. The zero-order valence-corrected chi connectivity index (χ0v) is 23.2. The molecule has 0 saturated heterocycles. The molecule has 1 atom stereocenters. The molecule has 3 aromatic rings. The van der Waals surface area contributed by atoms with Gasteiger partial charge in [0.25, 0.3) is 0 Å². The molecule has 0 aliphatic heterocycles. The van der Waals surface area contributed by atoms with E-state index < -0.39 is 5.97 Å². The second-order valence-electron chi connectivity index (χ2n) is 10.2. The van der Waals surface area contributed by atoms with E-state index in [1.54, 1.807) is 36.4 Å². The smallest absolute Gasteiger partial charge is 0.343 e. The van der Waals surface area contributed by atoms with Gasteiger partial charge in [0, 0.05) is 0 Å². The maximum absolute atomic E-state index is 12.6. The summed E-state index contributed by atoms with van der Waals surface area (Å²) in [6.45, 7) is 6.75. The van der Waals surface area contributed by atoms with E-state index in [1.807, 2.05) is 19.1 Å². The minimum Gasteiger partial charge on any atom is -0.462 e. The summed E-state index contributed by atoms with van der Waals surface area (Å²) >= 11 is 0. The average molecular weight is 515 g/mol. The van der Waals surface area contributed by atoms with Crippen molar-refractivity contribution in [3.8, 4) is 16.9 Å². The zero-order valence-electron chi connectivity index (χ0n) is 23.2. The Balaban J connectivity index is 1.47. The van der Waals surface area contributed by atoms with Crippen LogP contribution in [0.25, 0.3) is 11.1 Å². The summed E-state index contributed by atoms with van der Waals surface area (Å²) in [5.41, 5.74) is 4.47. The van der Waals surface area contributed by atoms with Gasteiger partial charge in [-0.1, -0.05) is 102 Å². The molecule has 3 rings (SSSR count). The molecule has 3 aromatic carbocycles. The lowest BCUT2D eigenvalue weighted by molar-refractivity contribution is 0.0447. The third-order valence-corrected chi connectivity index (χ3v) is 6.97. The molecule has 0 heterocycles. The normalized spacial score (nSPS) is 11.7. The lowest BCUT2D eigenvalue weighted by atomic mass is 10.00. The van der Waals surface area contributed by atoms with Gasteiger partial charge in [-0.15, -0.1) is 0 Å². The highest BCUT2D eigenvalue weighted by molar-refractivity contribution is 5.92. The van der Waals surface area contributed by atoms with Crippen molar-refractivity contribution in [1.82, 2.24) is 0 Å². The predicted octanol–water partition coefficient (Wildman–Crippen LogP) is 9.07. The number of unbranched alkanes of at least 4 members (excludes halogenated alkanes) is 6. The predicted molar refractivity (Wildman–Crippen MR) is 155 cm³/mol. The number of ether oxygens (including phenoxy) is 2. The van der Waals surface area contributed by atoms with E-state index in [0.717, 1.165) is 24.0 Å². The van der Waals surface area contributed by atoms with E-state index >= 15 is 0 Å². The van der Waals surface area contributed by atoms with Crippen LogP contribution in [-0.2, 0) is 11.2 Å². The van der Waals surface area contributed by atoms with Crippen molar-refractivity contribution in [1.29, 1.82) is 0 Å². The van der Waals surface area contributed by atoms with Gasteiger partial charge in [-0.05, 0) is 71.8 Å². The summed E-state index contributed by atoms with van der Waals surface area (Å²) in [7, 11) is 0. The summed E-state index contributed by atoms with van der Waals surface area (Å²) in [6, 6.07) is 22.6. The zero-order chi connectivity index (χ0) is 27.2. The first kappa shape index (κ1) is 29.2. The molecule has 0 aliphatic rings. The molecule has 0 aromatic heterocycles. The summed E-state index contributed by atoms with van der Waals surface area (Å²) in [6.07, 6.45) is 11.3. The first-order valence-electron chi connectivity index (χ1n) is 14.2. The highest BCUT2D eigenvalue weighted by atomic mass is 16.5. The molecule has 0 amide bonds. The molecule has 0 saturated carbocycles. The van der Waals surface area contributed by atoms with Crippen molar-refractivity contribution < 1.29 is 19.1 Å². The summed E-state index contributed by atoms with van der Waals surface area (Å²) < 4.78 is 10.8. The molecule has 4 heteroatoms. The Kier molecular flexibility index (Phi) is 12.1. The number of esters is 2. The number of aryl methyl sites for hydroxylation is 1. The third kappa shape index (κ3) is 9.48. The van der Waals surface area contributed by atoms with E-state index in [1.165, 1.54) is 50.5 Å². The van der Waals surface area contributed by atoms with E-state index in [-0.39, 0.29) is 5.97 Å². The van der Waals surface area contributed by atoms with Gasteiger partial charge >= 0.3 is 11.9 Å². The van der Waals surface area contributed by atoms with Crippen LogP contribution in [0.5, 0.6) is 5.75 Å². The minimum absolute atomic E-state index is 0.324. The van der Waals surface area contributed by atoms with Crippen molar-refractivity contribution >= 4 is 11.9 Å². The quantitative estimate of drug-likeness (QED) is 0.115. The SMILES string of the molecule is CCCCCCCCCc1ccc(-c2ccc(C(=O)Oc3ccc(C(=O)OCC(C)CC)cc3)cc2)cc1. The number of hydrogen-bond acceptors (Lipinski definition) is 4. The lowest BCUT2D eigenvalue weighted by Gasteiger charge is -2.10. The number of rotatable bonds is 15. The van der Waals surface area contributed by atoms with Gasteiger partial charge in [-0.25, -0.2) is 9.59 Å². The van der Waals surface area contributed by atoms with Crippen LogP contribution in [0.2, 0.25) is 0 Å². The third-order valence-electron chi connectivity index (χ3n) is 6.97. The van der Waals surface area contributed by atoms with Crippen molar-refractivity contribution in [2.45, 2.75) is 78.6 Å². The number of carbonyl (C=O) groups excluding carboxylic acids is 2. The van der Waals surface area contributed by atoms with Crippen LogP contribution in [0.1, 0.15) is 98.4 Å². The Labute approximate surface area is 228 Å². The Bertz CT molecular complexity index is 1110. The fourth-order valence-corrected chi connectivity index (χ4v) is 4.19. The Hall–Kier alpha value is -3.40. The van der Waals surface area contributed by atoms with Crippen LogP contribution in [0.3, 0.4) is 0 Å². The lowest BCUT2D eigenvalue weighted by Crippen LogP contribution is -2.12. The van der Waals surface area contributed by atoms with Gasteiger partial charge in [0.1, 0.15) is 5.75 Å². The van der Waals surface area contributed by atoms with Crippen LogP contribution in [0.15, 0.2) is 72.8 Å². The fraction of sp³-hybridized carbons (Fsp3) is 0.412. The van der Waals surface area contributed by atoms with E-state index in [0.29, 0.717) is 29.4 Å². The highest BCUT2D eigenvalue weighted by Crippen LogP contribution is 2.22. The molecule has 0 N–H and O–H groups in total. The molecule has 38 heavy (non-hydrogen) atoms. The molecule has 0 radical (unpaired) electrons. The van der Waals surface area contributed by atoms with Gasteiger partial charge in [0.2, 0.25) is 0 Å². The Morgan fingerprint density at radius 3 is 1.79 bits per heavy atom. The van der Waals surface area contributed by atoms with Crippen LogP contribution in [0.4, 0.5) is 0 Å². The van der Waals surface area contributed by atoms with Crippen LogP contribution < -0.4 is 4.74 Å². The van der Waals surface area contributed by atoms with E-state index in [4.69, 9.17) is 9.47 Å². The van der Waals surface area contributed by atoms with Crippen LogP contribution >= 0.6 is 0 Å². The first-order valence-corrected chi connectivity index (χ1v) is 14.2. The second kappa shape index (κ2) is 15.8. The standard InChI is InChI=1S/C34H42O4/c1-4-6-7-8-9-10-11-12-27-13-15-28(16-14-27)29-17-19-31(20-18-29)34(36)38-32-23-21-30(22-24-32)33(35)37-25-26(3)5-2/h13-24,26H,4-12,25H2,1-3H3. The maximum atomic E-state index is 12.6. The minimum atomic E-state index is -0.436. The fourth-order valence-electron chi connectivity index (χ4n) is 4.19. The van der Waals surface area contributed by atoms with Gasteiger partial charge in [-0.2, -0.15) is 0 Å². The van der Waals surface area contributed by atoms with Crippen LogP contribution in [-0.4, -0.2) is 18.5 Å². The molecule has 0 bridgehead atoms. The average Bonchev–Trinajstić information content (AvgIpc) is 2.96. The molecule has 0 spiro atoms. The molecule has 0 fully saturated rings. The molecule has 0 aliphatic carbocycles. The molecule has 4 nitrogen and oxygen atoms in total. The number of hydrogen-bond donors (Lipinski definition) is 0. The van der Waals surface area contributed by atoms with Gasteiger partial charge in [-0.3, -0.25) is 0 Å². The summed E-state index contributed by atoms with van der Waals surface area (Å²) in [4.78, 5) is 24.8. The van der Waals surface area contributed by atoms with Crippen LogP contribution in [0, 0.1) is 5.92 Å². The molecular formula is C34H42O4. The highest BCUT2D eigenvalue weighted by Gasteiger charge is 2.12.